The SMILES string of the molecule is CC(C)(C(=NC1C2CC3CC(C2)CC1C3)NC#N)N1CCN(c2ncc(C#N)cc2Cl)CC1. The molecule has 5 aliphatic rings. The topological polar surface area (TPSA) is 91.3 Å². The second kappa shape index (κ2) is 8.78. The maximum Gasteiger partial charge on any atom is 0.182 e. The Morgan fingerprint density at radius 3 is 2.27 bits per heavy atom. The standard InChI is InChI=1S/C25H32ClN7/c1-25(2,33-5-3-32(4-6-33)23-21(26)12-18(13-27)14-29-23)24(30-15-28)31-22-19-8-16-7-17(10-19)11-20(22)9-16/h12,14,16-17,19-20,22H,3-11H2,1-2H3,(H,30,31). The number of pyridine rings is 1. The molecule has 0 radical (unpaired) electrons. The minimum Gasteiger partial charge on any atom is -0.353 e. The first kappa shape index (κ1) is 22.4. The fraction of sp³-hybridized carbons (Fsp3) is 0.680. The molecule has 0 unspecified atom stereocenters. The van der Waals surface area contributed by atoms with E-state index in [4.69, 9.17) is 21.9 Å². The number of hydrogen-bond donors (Lipinski definition) is 1. The van der Waals surface area contributed by atoms with Gasteiger partial charge in [0, 0.05) is 32.4 Å². The highest BCUT2D eigenvalue weighted by molar-refractivity contribution is 6.33. The maximum atomic E-state index is 9.53. The molecule has 1 aliphatic heterocycles. The molecule has 4 saturated carbocycles. The molecule has 1 N–H and O–H groups in total. The number of nitrogens with zero attached hydrogens (tertiary/aromatic N) is 6. The third-order valence-corrected chi connectivity index (χ3v) is 8.81. The maximum absolute atomic E-state index is 9.53. The number of amidine groups is 1. The zero-order chi connectivity index (χ0) is 23.2. The number of nitriles is 2. The van der Waals surface area contributed by atoms with E-state index in [-0.39, 0.29) is 5.54 Å². The van der Waals surface area contributed by atoms with Gasteiger partial charge in [-0.25, -0.2) is 4.98 Å². The lowest BCUT2D eigenvalue weighted by Gasteiger charge is -2.53. The summed E-state index contributed by atoms with van der Waals surface area (Å²) in [6.45, 7) is 7.54. The van der Waals surface area contributed by atoms with Gasteiger partial charge in [-0.1, -0.05) is 11.6 Å². The third kappa shape index (κ3) is 4.18. The van der Waals surface area contributed by atoms with Crippen LogP contribution in [0.1, 0.15) is 51.5 Å². The van der Waals surface area contributed by atoms with Crippen molar-refractivity contribution in [2.75, 3.05) is 31.1 Å². The van der Waals surface area contributed by atoms with Crippen LogP contribution in [0.5, 0.6) is 0 Å². The molecule has 0 spiro atoms. The van der Waals surface area contributed by atoms with Crippen LogP contribution in [0.25, 0.3) is 0 Å². The van der Waals surface area contributed by atoms with Gasteiger partial charge in [0.05, 0.1) is 22.2 Å². The first-order valence-electron chi connectivity index (χ1n) is 12.2. The van der Waals surface area contributed by atoms with E-state index in [1.165, 1.54) is 32.1 Å². The van der Waals surface area contributed by atoms with Gasteiger partial charge < -0.3 is 4.90 Å². The summed E-state index contributed by atoms with van der Waals surface area (Å²) in [4.78, 5) is 14.3. The predicted octanol–water partition coefficient (Wildman–Crippen LogP) is 3.80. The Morgan fingerprint density at radius 2 is 1.73 bits per heavy atom. The Morgan fingerprint density at radius 1 is 1.09 bits per heavy atom. The van der Waals surface area contributed by atoms with E-state index in [9.17, 15) is 5.26 Å². The highest BCUT2D eigenvalue weighted by Crippen LogP contribution is 2.54. The molecule has 1 aromatic heterocycles. The number of halogens is 1. The first-order valence-corrected chi connectivity index (χ1v) is 12.6. The van der Waals surface area contributed by atoms with Crippen molar-refractivity contribution in [1.29, 1.82) is 10.5 Å². The van der Waals surface area contributed by atoms with Gasteiger partial charge in [0.2, 0.25) is 0 Å². The average molecular weight is 466 g/mol. The van der Waals surface area contributed by atoms with E-state index in [0.717, 1.165) is 49.7 Å². The van der Waals surface area contributed by atoms with Crippen LogP contribution in [-0.4, -0.2) is 53.5 Å². The molecular weight excluding hydrogens is 434 g/mol. The summed E-state index contributed by atoms with van der Waals surface area (Å²) in [5.74, 6) is 4.74. The van der Waals surface area contributed by atoms with Crippen molar-refractivity contribution in [2.24, 2.45) is 28.7 Å². The van der Waals surface area contributed by atoms with E-state index >= 15 is 0 Å². The highest BCUT2D eigenvalue weighted by Gasteiger charge is 2.49. The summed E-state index contributed by atoms with van der Waals surface area (Å²) in [5.41, 5.74) is 0.106. The Labute approximate surface area is 201 Å². The average Bonchev–Trinajstić information content (AvgIpc) is 2.80. The zero-order valence-corrected chi connectivity index (χ0v) is 20.2. The number of nitrogens with one attached hydrogen (secondary N) is 1. The molecule has 6 rings (SSSR count). The molecule has 0 amide bonds. The van der Waals surface area contributed by atoms with E-state index in [1.54, 1.807) is 12.3 Å². The molecule has 7 nitrogen and oxygen atoms in total. The molecule has 4 bridgehead atoms. The van der Waals surface area contributed by atoms with Crippen molar-refractivity contribution < 1.29 is 0 Å². The predicted molar refractivity (Wildman–Crippen MR) is 129 cm³/mol. The Hall–Kier alpha value is -2.35. The number of aromatic nitrogens is 1. The molecule has 8 heteroatoms. The molecule has 33 heavy (non-hydrogen) atoms. The minimum absolute atomic E-state index is 0.357. The van der Waals surface area contributed by atoms with Gasteiger partial charge in [0.15, 0.2) is 6.19 Å². The number of anilines is 1. The lowest BCUT2D eigenvalue weighted by atomic mass is 9.54. The number of aliphatic imine (C=N–C) groups is 1. The van der Waals surface area contributed by atoms with Crippen molar-refractivity contribution in [1.82, 2.24) is 15.2 Å². The summed E-state index contributed by atoms with van der Waals surface area (Å²) in [6.07, 6.45) is 10.4. The Balaban J connectivity index is 1.30. The second-order valence-corrected chi connectivity index (χ2v) is 11.2. The van der Waals surface area contributed by atoms with Crippen LogP contribution in [-0.2, 0) is 0 Å². The van der Waals surface area contributed by atoms with Crippen molar-refractivity contribution in [2.45, 2.75) is 57.5 Å². The smallest absolute Gasteiger partial charge is 0.182 e. The monoisotopic (exact) mass is 465 g/mol. The van der Waals surface area contributed by atoms with Crippen molar-refractivity contribution in [3.05, 3.63) is 22.8 Å². The summed E-state index contributed by atoms with van der Waals surface area (Å²) < 4.78 is 0. The van der Waals surface area contributed by atoms with Crippen LogP contribution in [0.15, 0.2) is 17.3 Å². The molecular formula is C25H32ClN7. The Bertz CT molecular complexity index is 985. The first-order chi connectivity index (χ1) is 15.9. The zero-order valence-electron chi connectivity index (χ0n) is 19.5. The molecule has 4 aliphatic carbocycles. The summed E-state index contributed by atoms with van der Waals surface area (Å²) >= 11 is 6.39. The van der Waals surface area contributed by atoms with Gasteiger partial charge in [-0.2, -0.15) is 10.5 Å². The van der Waals surface area contributed by atoms with Gasteiger partial charge in [-0.3, -0.25) is 15.2 Å². The molecule has 2 heterocycles. The second-order valence-electron chi connectivity index (χ2n) is 10.8. The fourth-order valence-corrected chi connectivity index (χ4v) is 7.29. The van der Waals surface area contributed by atoms with E-state index < -0.39 is 0 Å². The van der Waals surface area contributed by atoms with Gasteiger partial charge in [-0.15, -0.1) is 0 Å². The summed E-state index contributed by atoms with van der Waals surface area (Å²) in [5, 5.41) is 22.1. The quantitative estimate of drug-likeness (QED) is 0.314. The van der Waals surface area contributed by atoms with Crippen molar-refractivity contribution >= 4 is 23.3 Å². The van der Waals surface area contributed by atoms with E-state index in [2.05, 4.69) is 46.2 Å². The van der Waals surface area contributed by atoms with E-state index in [0.29, 0.717) is 28.5 Å². The highest BCUT2D eigenvalue weighted by atomic mass is 35.5. The van der Waals surface area contributed by atoms with Gasteiger partial charge in [-0.05, 0) is 75.7 Å². The molecule has 174 valence electrons. The fourth-order valence-electron chi connectivity index (χ4n) is 7.00. The summed E-state index contributed by atoms with van der Waals surface area (Å²) in [7, 11) is 0. The van der Waals surface area contributed by atoms with Gasteiger partial charge in [0.1, 0.15) is 17.7 Å². The van der Waals surface area contributed by atoms with Gasteiger partial charge in [0.25, 0.3) is 0 Å². The van der Waals surface area contributed by atoms with Crippen LogP contribution >= 0.6 is 11.6 Å². The van der Waals surface area contributed by atoms with E-state index in [1.807, 2.05) is 0 Å². The molecule has 1 saturated heterocycles. The van der Waals surface area contributed by atoms with Gasteiger partial charge >= 0.3 is 0 Å². The summed E-state index contributed by atoms with van der Waals surface area (Å²) in [6, 6.07) is 4.11. The van der Waals surface area contributed by atoms with Crippen LogP contribution in [0.4, 0.5) is 5.82 Å². The number of hydrogen-bond acceptors (Lipinski definition) is 6. The lowest BCUT2D eigenvalue weighted by Crippen LogP contribution is -2.61. The molecule has 5 fully saturated rings. The number of piperazine rings is 1. The number of rotatable bonds is 4. The minimum atomic E-state index is -0.363. The largest absolute Gasteiger partial charge is 0.353 e. The van der Waals surface area contributed by atoms with Crippen LogP contribution < -0.4 is 10.2 Å². The van der Waals surface area contributed by atoms with Crippen molar-refractivity contribution in [3.8, 4) is 12.3 Å². The molecule has 0 atom stereocenters. The Kier molecular flexibility index (Phi) is 5.97. The lowest BCUT2D eigenvalue weighted by molar-refractivity contribution is 0.000680. The normalized spacial score (nSPS) is 31.8. The molecule has 1 aromatic rings. The van der Waals surface area contributed by atoms with Crippen molar-refractivity contribution in [3.63, 3.8) is 0 Å². The van der Waals surface area contributed by atoms with Crippen LogP contribution in [0.2, 0.25) is 5.02 Å². The van der Waals surface area contributed by atoms with Crippen LogP contribution in [0.3, 0.4) is 0 Å². The third-order valence-electron chi connectivity index (χ3n) is 8.53. The molecule has 0 aromatic carbocycles. The van der Waals surface area contributed by atoms with Crippen LogP contribution in [0, 0.1) is 46.5 Å².